The summed E-state index contributed by atoms with van der Waals surface area (Å²) >= 11 is 0. The lowest BCUT2D eigenvalue weighted by Crippen LogP contribution is -2.54. The topological polar surface area (TPSA) is 311 Å². The molecule has 3 aliphatic heterocycles. The molecule has 3 aromatic rings. The van der Waals surface area contributed by atoms with E-state index in [1.165, 1.54) is 6.20 Å². The van der Waals surface area contributed by atoms with Crippen LogP contribution in [0.1, 0.15) is 94.9 Å². The minimum Gasteiger partial charge on any atom is -0.452 e. The summed E-state index contributed by atoms with van der Waals surface area (Å²) in [5, 5.41) is 9.86. The fourth-order valence-corrected chi connectivity index (χ4v) is 11.0. The molecule has 1 aromatic heterocycles. The minimum atomic E-state index is -4.43. The standard InChI is InChI=1S/C40H51N9O12S3/c1-39(2)19-25(23-63(55,56)57)29-15-31-35(17-33(29)48(39)12-5-7-37(50)42-11-10-38(51)45-28-9-8-27(43-21-28)22-44-47-41)61-36-18-34-30(16-32(36)46-31)26(24-64(58,59)60)20-40(3,4)49(34)13-6-14-62(52,53)54/h8-9,15-18,21,25-26H,5-7,10-14,19-20,22-24H2,1-4H3,(H4-,42,45,50,51,52,53,54,55,56,57,58,59,60)/p+1. The number of carbonyl (C=O) groups is 2. The van der Waals surface area contributed by atoms with Crippen LogP contribution in [0.4, 0.5) is 17.1 Å². The maximum atomic E-state index is 12.9. The monoisotopic (exact) mass is 946 g/mol. The molecule has 0 radical (unpaired) electrons. The van der Waals surface area contributed by atoms with Gasteiger partial charge in [-0.05, 0) is 75.9 Å². The first-order chi connectivity index (χ1) is 29.8. The molecule has 4 heterocycles. The lowest BCUT2D eigenvalue weighted by atomic mass is 9.79. The Balaban J connectivity index is 1.26. The third-order valence-electron chi connectivity index (χ3n) is 11.6. The van der Waals surface area contributed by atoms with Crippen LogP contribution in [-0.2, 0) is 46.5 Å². The molecule has 2 unspecified atom stereocenters. The van der Waals surface area contributed by atoms with Gasteiger partial charge in [-0.15, -0.1) is 0 Å². The van der Waals surface area contributed by atoms with Crippen LogP contribution in [0.2, 0.25) is 0 Å². The number of fused-ring (bicyclic) bond motifs is 4. The second-order valence-electron chi connectivity index (χ2n) is 17.5. The lowest BCUT2D eigenvalue weighted by molar-refractivity contribution is -0.121. The fraction of sp³-hybridized carbons (Fsp3) is 0.525. The van der Waals surface area contributed by atoms with E-state index in [-0.39, 0.29) is 57.1 Å². The van der Waals surface area contributed by atoms with Gasteiger partial charge in [0.1, 0.15) is 17.6 Å². The molecule has 346 valence electrons. The normalized spacial score (nSPS) is 18.5. The van der Waals surface area contributed by atoms with E-state index in [0.29, 0.717) is 75.5 Å². The predicted molar refractivity (Wildman–Crippen MR) is 236 cm³/mol. The summed E-state index contributed by atoms with van der Waals surface area (Å²) in [7, 11) is -13.1. The van der Waals surface area contributed by atoms with E-state index in [9.17, 15) is 48.5 Å². The van der Waals surface area contributed by atoms with E-state index in [1.54, 1.807) is 36.4 Å². The van der Waals surface area contributed by atoms with Gasteiger partial charge in [-0.25, -0.2) is 9.57 Å². The number of rotatable bonds is 18. The van der Waals surface area contributed by atoms with Crippen LogP contribution < -0.4 is 35.6 Å². The van der Waals surface area contributed by atoms with E-state index in [1.807, 2.05) is 32.6 Å². The van der Waals surface area contributed by atoms with Gasteiger partial charge in [0.25, 0.3) is 30.4 Å². The number of nitrogens with one attached hydrogen (secondary N) is 2. The van der Waals surface area contributed by atoms with Gasteiger partial charge in [-0.2, -0.15) is 25.3 Å². The molecule has 2 aromatic carbocycles. The van der Waals surface area contributed by atoms with Crippen molar-refractivity contribution in [3.05, 3.63) is 80.6 Å². The molecule has 3 aliphatic rings. The van der Waals surface area contributed by atoms with Gasteiger partial charge in [0.05, 0.1) is 41.8 Å². The van der Waals surface area contributed by atoms with Crippen LogP contribution in [-0.4, -0.2) is 104 Å². The van der Waals surface area contributed by atoms with E-state index < -0.39 is 70.5 Å². The number of ether oxygens (including phenoxy) is 1. The fourth-order valence-electron chi connectivity index (χ4n) is 8.93. The Morgan fingerprint density at radius 1 is 0.906 bits per heavy atom. The van der Waals surface area contributed by atoms with Crippen molar-refractivity contribution in [3.63, 3.8) is 0 Å². The van der Waals surface area contributed by atoms with E-state index in [2.05, 4.69) is 30.2 Å². The second-order valence-corrected chi connectivity index (χ2v) is 22.1. The highest BCUT2D eigenvalue weighted by Gasteiger charge is 2.43. The average Bonchev–Trinajstić information content (AvgIpc) is 3.16. The molecular weight excluding hydrogens is 895 g/mol. The highest BCUT2D eigenvalue weighted by Crippen LogP contribution is 2.49. The van der Waals surface area contributed by atoms with Crippen molar-refractivity contribution in [2.24, 2.45) is 10.1 Å². The number of hydrogen-bond acceptors (Lipinski definition) is 13. The summed E-state index contributed by atoms with van der Waals surface area (Å²) in [5.74, 6) is -2.96. The zero-order valence-electron chi connectivity index (χ0n) is 35.8. The molecular formula is C40H52N9O12S3+. The molecule has 21 nitrogen and oxygen atoms in total. The van der Waals surface area contributed by atoms with Crippen molar-refractivity contribution in [1.82, 2.24) is 14.9 Å². The van der Waals surface area contributed by atoms with Crippen LogP contribution in [0, 0.1) is 0 Å². The largest absolute Gasteiger partial charge is 0.452 e. The Morgan fingerprint density at radius 2 is 1.61 bits per heavy atom. The van der Waals surface area contributed by atoms with Crippen LogP contribution >= 0.6 is 0 Å². The molecule has 2 amide bonds. The van der Waals surface area contributed by atoms with Crippen molar-refractivity contribution in [3.8, 4) is 11.5 Å². The summed E-state index contributed by atoms with van der Waals surface area (Å²) in [6, 6.07) is 10.1. The number of hydrogen-bond donors (Lipinski definition) is 5. The second kappa shape index (κ2) is 18.7. The van der Waals surface area contributed by atoms with E-state index in [4.69, 9.17) is 15.3 Å². The van der Waals surface area contributed by atoms with Gasteiger partial charge < -0.3 is 20.3 Å². The van der Waals surface area contributed by atoms with Crippen molar-refractivity contribution in [2.45, 2.75) is 95.7 Å². The highest BCUT2D eigenvalue weighted by atomic mass is 32.2. The van der Waals surface area contributed by atoms with Crippen LogP contribution in [0.25, 0.3) is 10.4 Å². The summed E-state index contributed by atoms with van der Waals surface area (Å²) in [6.45, 7) is 8.31. The van der Waals surface area contributed by atoms with Crippen molar-refractivity contribution >= 4 is 59.2 Å². The molecule has 64 heavy (non-hydrogen) atoms. The Hall–Kier alpha value is -5.23. The Morgan fingerprint density at radius 3 is 2.25 bits per heavy atom. The van der Waals surface area contributed by atoms with Crippen LogP contribution in [0.15, 0.2) is 52.7 Å². The quantitative estimate of drug-likeness (QED) is 0.0312. The molecule has 0 bridgehead atoms. The summed E-state index contributed by atoms with van der Waals surface area (Å²) < 4.78 is 110. The molecule has 0 aliphatic carbocycles. The molecule has 0 fully saturated rings. The number of benzene rings is 2. The number of nitrogens with zero attached hydrogens (tertiary/aromatic N) is 7. The first-order valence-corrected chi connectivity index (χ1v) is 25.3. The number of pyridine rings is 1. The van der Waals surface area contributed by atoms with Gasteiger partial charge in [-0.1, -0.05) is 5.11 Å². The minimum absolute atomic E-state index is 0.00494. The maximum Gasteiger partial charge on any atom is 0.265 e. The van der Waals surface area contributed by atoms with Gasteiger partial charge in [0, 0.05) is 84.1 Å². The lowest BCUT2D eigenvalue weighted by Gasteiger charge is -2.48. The third kappa shape index (κ3) is 12.3. The molecule has 0 saturated carbocycles. The average molecular weight is 947 g/mol. The predicted octanol–water partition coefficient (Wildman–Crippen LogP) is 3.76. The summed E-state index contributed by atoms with van der Waals surface area (Å²) in [4.78, 5) is 39.0. The van der Waals surface area contributed by atoms with Crippen molar-refractivity contribution in [2.75, 3.05) is 47.1 Å². The first-order valence-electron chi connectivity index (χ1n) is 20.5. The van der Waals surface area contributed by atoms with E-state index >= 15 is 0 Å². The zero-order valence-corrected chi connectivity index (χ0v) is 38.2. The number of aromatic nitrogens is 1. The molecule has 5 N–H and O–H groups in total. The van der Waals surface area contributed by atoms with Gasteiger partial charge in [0.2, 0.25) is 17.2 Å². The Labute approximate surface area is 370 Å². The van der Waals surface area contributed by atoms with Crippen molar-refractivity contribution in [1.29, 1.82) is 0 Å². The van der Waals surface area contributed by atoms with Crippen LogP contribution in [0.3, 0.4) is 0 Å². The zero-order chi connectivity index (χ0) is 46.8. The maximum absolute atomic E-state index is 12.9. The third-order valence-corrected chi connectivity index (χ3v) is 14.0. The molecule has 2 atom stereocenters. The van der Waals surface area contributed by atoms with Gasteiger partial charge in [-0.3, -0.25) is 28.2 Å². The molecule has 0 spiro atoms. The van der Waals surface area contributed by atoms with Crippen molar-refractivity contribution < 1.29 is 53.2 Å². The first kappa shape index (κ1) is 48.2. The van der Waals surface area contributed by atoms with Gasteiger partial charge in [0.15, 0.2) is 17.0 Å². The number of azide groups is 1. The summed E-state index contributed by atoms with van der Waals surface area (Å²) in [5.41, 5.74) is 10.0. The molecule has 24 heteroatoms. The van der Waals surface area contributed by atoms with Gasteiger partial charge >= 0.3 is 0 Å². The van der Waals surface area contributed by atoms with E-state index in [0.717, 1.165) is 0 Å². The highest BCUT2D eigenvalue weighted by molar-refractivity contribution is 7.86. The van der Waals surface area contributed by atoms with Crippen LogP contribution in [0.5, 0.6) is 11.5 Å². The Bertz CT molecular complexity index is 2850. The summed E-state index contributed by atoms with van der Waals surface area (Å²) in [6.07, 6.45) is 2.59. The SMILES string of the molecule is CC1(C)CC(CS(=O)(=O)O)c2cc3c(cc2N1CCCS(=O)(=O)O)Oc1cc2c(cc1=N3)C(CS(=O)(=O)O)CC(C)(C)[N+]=2CCCC(=O)NCCC(=O)Nc1ccc(CN=[N+]=[N-])nc1. The Kier molecular flexibility index (Phi) is 14.1. The number of carbonyl (C=O) groups excluding carboxylic acids is 2. The number of amides is 2. The molecule has 6 rings (SSSR count). The molecule has 0 saturated heterocycles. The smallest absolute Gasteiger partial charge is 0.265 e. The number of anilines is 2.